The summed E-state index contributed by atoms with van der Waals surface area (Å²) < 4.78 is 38.4. The smallest absolute Gasteiger partial charge is 0.364 e. The van der Waals surface area contributed by atoms with Crippen LogP contribution in [0.3, 0.4) is 0 Å². The molecule has 3 heterocycles. The van der Waals surface area contributed by atoms with Crippen LogP contribution in [0.25, 0.3) is 0 Å². The third-order valence-electron chi connectivity index (χ3n) is 6.84. The topological polar surface area (TPSA) is 161 Å². The number of amides is 5. The average molecular weight is 573 g/mol. The Kier molecular flexibility index (Phi) is 7.57. The Balaban J connectivity index is 1.83. The zero-order valence-electron chi connectivity index (χ0n) is 21.1. The number of benzene rings is 1. The molecule has 0 saturated carbocycles. The molecular weight excluding hydrogens is 549 g/mol. The molecule has 208 valence electrons. The van der Waals surface area contributed by atoms with Crippen molar-refractivity contribution in [2.75, 3.05) is 4.90 Å². The van der Waals surface area contributed by atoms with E-state index in [1.807, 2.05) is 0 Å². The summed E-state index contributed by atoms with van der Waals surface area (Å²) in [6, 6.07) is 9.95. The molecule has 40 heavy (non-hydrogen) atoms. The van der Waals surface area contributed by atoms with Crippen LogP contribution >= 0.6 is 11.8 Å². The second-order valence-electron chi connectivity index (χ2n) is 9.10. The summed E-state index contributed by atoms with van der Waals surface area (Å²) in [5.74, 6) is -3.89. The Hall–Kier alpha value is -4.46. The average Bonchev–Trinajstić information content (AvgIpc) is 3.18. The molecule has 4 rings (SSSR count). The number of alkyl halides is 3. The summed E-state index contributed by atoms with van der Waals surface area (Å²) in [4.78, 5) is 59.8. The summed E-state index contributed by atoms with van der Waals surface area (Å²) in [6.07, 6.45) is 2.69. The van der Waals surface area contributed by atoms with Gasteiger partial charge in [0.1, 0.15) is 16.9 Å². The number of halogens is 3. The van der Waals surface area contributed by atoms with Gasteiger partial charge in [-0.05, 0) is 71.4 Å². The van der Waals surface area contributed by atoms with Gasteiger partial charge in [0.25, 0.3) is 17.7 Å². The Morgan fingerprint density at radius 3 is 1.80 bits per heavy atom. The summed E-state index contributed by atoms with van der Waals surface area (Å²) >= 11 is -0.326. The normalized spacial score (nSPS) is 18.8. The van der Waals surface area contributed by atoms with Gasteiger partial charge >= 0.3 is 11.5 Å². The number of nitrogens with zero attached hydrogens (tertiary/aromatic N) is 3. The fraction of sp³-hybridized carbons (Fsp3) is 0.231. The SMILES string of the molecule is CC(c1ccnc(C(N)=O)c1)C1(C(C)c2ccnc(C(N)=O)c2)NC(=O)N(c2ccc(SC(F)(F)F)cc2)C1=O. The summed E-state index contributed by atoms with van der Waals surface area (Å²) in [7, 11) is 0. The lowest BCUT2D eigenvalue weighted by molar-refractivity contribution is -0.123. The Bertz CT molecular complexity index is 1430. The molecule has 2 atom stereocenters. The third-order valence-corrected chi connectivity index (χ3v) is 7.58. The van der Waals surface area contributed by atoms with Gasteiger partial charge in [-0.15, -0.1) is 0 Å². The molecule has 0 aliphatic carbocycles. The van der Waals surface area contributed by atoms with Gasteiger partial charge in [0.15, 0.2) is 0 Å². The highest BCUT2D eigenvalue weighted by molar-refractivity contribution is 8.00. The van der Waals surface area contributed by atoms with Crippen molar-refractivity contribution in [3.8, 4) is 0 Å². The molecule has 5 N–H and O–H groups in total. The molecule has 5 amide bonds. The van der Waals surface area contributed by atoms with Crippen molar-refractivity contribution in [3.05, 3.63) is 83.4 Å². The van der Waals surface area contributed by atoms with Gasteiger partial charge in [0.05, 0.1) is 5.69 Å². The number of hydrogen-bond acceptors (Lipinski definition) is 7. The Morgan fingerprint density at radius 1 is 0.900 bits per heavy atom. The van der Waals surface area contributed by atoms with Crippen LogP contribution in [0.1, 0.15) is 57.8 Å². The van der Waals surface area contributed by atoms with E-state index in [1.54, 1.807) is 26.0 Å². The number of hydrogen-bond donors (Lipinski definition) is 3. The maximum atomic E-state index is 14.3. The molecule has 0 bridgehead atoms. The first-order chi connectivity index (χ1) is 18.7. The number of pyridine rings is 2. The van der Waals surface area contributed by atoms with Gasteiger partial charge in [0, 0.05) is 29.1 Å². The molecule has 1 aliphatic heterocycles. The monoisotopic (exact) mass is 572 g/mol. The first-order valence-corrected chi connectivity index (χ1v) is 12.6. The molecule has 1 aliphatic rings. The number of carbonyl (C=O) groups is 4. The van der Waals surface area contributed by atoms with Gasteiger partial charge in [-0.3, -0.25) is 24.4 Å². The van der Waals surface area contributed by atoms with E-state index in [4.69, 9.17) is 11.5 Å². The first-order valence-electron chi connectivity index (χ1n) is 11.8. The van der Waals surface area contributed by atoms with Crippen molar-refractivity contribution in [1.29, 1.82) is 0 Å². The zero-order valence-corrected chi connectivity index (χ0v) is 21.9. The molecule has 0 spiro atoms. The highest BCUT2D eigenvalue weighted by Gasteiger charge is 2.58. The zero-order chi connectivity index (χ0) is 29.4. The molecule has 3 aromatic rings. The minimum atomic E-state index is -4.51. The van der Waals surface area contributed by atoms with E-state index in [0.29, 0.717) is 11.1 Å². The van der Waals surface area contributed by atoms with Gasteiger partial charge in [-0.2, -0.15) is 13.2 Å². The van der Waals surface area contributed by atoms with E-state index in [2.05, 4.69) is 15.3 Å². The summed E-state index contributed by atoms with van der Waals surface area (Å²) in [5, 5.41) is 2.79. The number of rotatable bonds is 8. The summed E-state index contributed by atoms with van der Waals surface area (Å²) in [6.45, 7) is 3.33. The lowest BCUT2D eigenvalue weighted by Crippen LogP contribution is -2.55. The number of thioether (sulfide) groups is 1. The Morgan fingerprint density at radius 2 is 1.38 bits per heavy atom. The fourth-order valence-electron chi connectivity index (χ4n) is 4.78. The second kappa shape index (κ2) is 10.6. The molecule has 0 radical (unpaired) electrons. The predicted octanol–water partition coefficient (Wildman–Crippen LogP) is 3.69. The molecule has 2 unspecified atom stereocenters. The van der Waals surface area contributed by atoms with Crippen LogP contribution in [0.2, 0.25) is 0 Å². The lowest BCUT2D eigenvalue weighted by atomic mass is 9.69. The van der Waals surface area contributed by atoms with Crippen molar-refractivity contribution < 1.29 is 32.3 Å². The maximum Gasteiger partial charge on any atom is 0.446 e. The number of imide groups is 1. The number of urea groups is 1. The third kappa shape index (κ3) is 5.34. The van der Waals surface area contributed by atoms with Gasteiger partial charge in [0.2, 0.25) is 0 Å². The summed E-state index contributed by atoms with van der Waals surface area (Å²) in [5.41, 5.74) is 5.43. The fourth-order valence-corrected chi connectivity index (χ4v) is 5.32. The van der Waals surface area contributed by atoms with Crippen molar-refractivity contribution in [3.63, 3.8) is 0 Å². The molecule has 1 saturated heterocycles. The number of carbonyl (C=O) groups excluding carboxylic acids is 4. The number of nitrogens with two attached hydrogens (primary N) is 2. The highest BCUT2D eigenvalue weighted by Crippen LogP contribution is 2.45. The van der Waals surface area contributed by atoms with E-state index in [1.165, 1.54) is 36.7 Å². The van der Waals surface area contributed by atoms with E-state index < -0.39 is 46.6 Å². The molecular formula is C26H23F3N6O4S. The van der Waals surface area contributed by atoms with Crippen LogP contribution in [-0.2, 0) is 4.79 Å². The van der Waals surface area contributed by atoms with Crippen molar-refractivity contribution >= 4 is 41.2 Å². The van der Waals surface area contributed by atoms with Crippen molar-refractivity contribution in [2.24, 2.45) is 11.5 Å². The molecule has 2 aromatic heterocycles. The number of anilines is 1. The molecule has 10 nitrogen and oxygen atoms in total. The van der Waals surface area contributed by atoms with E-state index in [9.17, 15) is 32.3 Å². The largest absolute Gasteiger partial charge is 0.446 e. The van der Waals surface area contributed by atoms with E-state index >= 15 is 0 Å². The van der Waals surface area contributed by atoms with Crippen LogP contribution in [0, 0.1) is 0 Å². The Labute approximate surface area is 230 Å². The second-order valence-corrected chi connectivity index (χ2v) is 10.2. The highest BCUT2D eigenvalue weighted by atomic mass is 32.2. The number of nitrogens with one attached hydrogen (secondary N) is 1. The van der Waals surface area contributed by atoms with Crippen LogP contribution in [0.15, 0.2) is 65.8 Å². The van der Waals surface area contributed by atoms with Crippen molar-refractivity contribution in [1.82, 2.24) is 15.3 Å². The quantitative estimate of drug-likeness (QED) is 0.274. The maximum absolute atomic E-state index is 14.3. The molecule has 14 heteroatoms. The predicted molar refractivity (Wildman–Crippen MR) is 139 cm³/mol. The van der Waals surface area contributed by atoms with Crippen LogP contribution < -0.4 is 21.7 Å². The van der Waals surface area contributed by atoms with Gasteiger partial charge < -0.3 is 16.8 Å². The van der Waals surface area contributed by atoms with E-state index in [0.717, 1.165) is 17.0 Å². The van der Waals surface area contributed by atoms with Gasteiger partial charge in [-0.25, -0.2) is 9.69 Å². The minimum absolute atomic E-state index is 0.0513. The molecule has 1 aromatic carbocycles. The standard InChI is InChI=1S/C26H23F3N6O4S/c1-13(15-7-9-32-19(11-15)21(30)36)25(14(2)16-8-10-33-20(12-16)22(31)37)23(38)35(24(39)34-25)17-3-5-18(6-4-17)40-26(27,28)29/h3-14H,1-2H3,(H2,30,36)(H2,31,37)(H,34,39). The minimum Gasteiger partial charge on any atom is -0.364 e. The van der Waals surface area contributed by atoms with Crippen LogP contribution in [-0.4, -0.2) is 44.8 Å². The number of aromatic nitrogens is 2. The van der Waals surface area contributed by atoms with Crippen molar-refractivity contribution in [2.45, 2.75) is 41.6 Å². The van der Waals surface area contributed by atoms with E-state index in [-0.39, 0.29) is 33.7 Å². The lowest BCUT2D eigenvalue weighted by Gasteiger charge is -2.39. The van der Waals surface area contributed by atoms with Crippen LogP contribution in [0.4, 0.5) is 23.7 Å². The van der Waals surface area contributed by atoms with Crippen LogP contribution in [0.5, 0.6) is 0 Å². The first kappa shape index (κ1) is 28.5. The molecule has 1 fully saturated rings. The number of primary amides is 2. The van der Waals surface area contributed by atoms with Gasteiger partial charge in [-0.1, -0.05) is 13.8 Å².